The lowest BCUT2D eigenvalue weighted by atomic mass is 9.95. The Hall–Kier alpha value is -3.36. The zero-order valence-corrected chi connectivity index (χ0v) is 28.5. The molecule has 3 aromatic rings. The molecule has 1 aromatic heterocycles. The molecule has 0 amide bonds. The van der Waals surface area contributed by atoms with Crippen LogP contribution in [0.5, 0.6) is 0 Å². The van der Waals surface area contributed by atoms with Crippen molar-refractivity contribution < 1.29 is 24.5 Å². The molecule has 0 spiro atoms. The van der Waals surface area contributed by atoms with Crippen LogP contribution in [0.3, 0.4) is 0 Å². The molecule has 0 aliphatic carbocycles. The lowest BCUT2D eigenvalue weighted by Gasteiger charge is -2.29. The number of nitrogens with zero attached hydrogens (tertiary/aromatic N) is 3. The minimum Gasteiger partial charge on any atom is -0.465 e. The summed E-state index contributed by atoms with van der Waals surface area (Å²) in [5.74, 6) is -0.959. The molecular weight excluding hydrogens is 671 g/mol. The van der Waals surface area contributed by atoms with E-state index < -0.39 is 5.92 Å². The van der Waals surface area contributed by atoms with E-state index in [1.807, 2.05) is 36.4 Å². The van der Waals surface area contributed by atoms with Crippen LogP contribution in [-0.4, -0.2) is 76.5 Å². The van der Waals surface area contributed by atoms with Gasteiger partial charge in [-0.2, -0.15) is 0 Å². The Morgan fingerprint density at radius 3 is 1.96 bits per heavy atom. The maximum atomic E-state index is 12.0. The smallest absolute Gasteiger partial charge is 0.316 e. The molecule has 47 heavy (non-hydrogen) atoms. The van der Waals surface area contributed by atoms with Crippen molar-refractivity contribution in [1.82, 2.24) is 19.8 Å². The average Bonchev–Trinajstić information content (AvgIpc) is 3.00. The standard InChI is InChI=1S/C15H19NO3.C14H15N3O.CH4N2.CH4O2.CH4.3ClH/c1-2-19-15(18)13-8-9-16(11-14(13)17)10-12-6-4-3-5-7-12;18-14-12-6-7-17(9-13(12)15-10-16-14)8-11-4-2-1-3-5-11;2-1-3;1-3-2;;;;/h3-7,13H,2,8-11H2,1H3;1-5,10H,6-9H2,(H,15,16,18);1H,(H3,2,3);2H,1H3;1H4;3*1H. The van der Waals surface area contributed by atoms with Gasteiger partial charge in [0.2, 0.25) is 0 Å². The number of rotatable bonds is 6. The van der Waals surface area contributed by atoms with Gasteiger partial charge in [0.05, 0.1) is 38.6 Å². The summed E-state index contributed by atoms with van der Waals surface area (Å²) in [5.41, 5.74) is 8.65. The number of fused-ring (bicyclic) bond motifs is 1. The van der Waals surface area contributed by atoms with Gasteiger partial charge in [-0.15, -0.1) is 37.2 Å². The van der Waals surface area contributed by atoms with Crippen molar-refractivity contribution in [2.24, 2.45) is 11.7 Å². The summed E-state index contributed by atoms with van der Waals surface area (Å²) in [6.07, 6.45) is 3.59. The molecular formula is C32H49Cl3N6O6. The van der Waals surface area contributed by atoms with Crippen LogP contribution in [0.15, 0.2) is 71.8 Å². The first kappa shape index (κ1) is 48.0. The summed E-state index contributed by atoms with van der Waals surface area (Å²) in [7, 11) is 1.18. The molecule has 0 saturated carbocycles. The molecule has 264 valence electrons. The number of ether oxygens (including phenoxy) is 1. The van der Waals surface area contributed by atoms with Crippen LogP contribution >= 0.6 is 37.2 Å². The molecule has 5 rings (SSSR count). The van der Waals surface area contributed by atoms with Gasteiger partial charge >= 0.3 is 5.97 Å². The minimum atomic E-state index is -0.563. The van der Waals surface area contributed by atoms with E-state index in [-0.39, 0.29) is 62.0 Å². The Balaban J connectivity index is -0.000000658. The van der Waals surface area contributed by atoms with Crippen LogP contribution in [0.4, 0.5) is 0 Å². The molecule has 3 heterocycles. The second-order valence-corrected chi connectivity index (χ2v) is 9.71. The average molecular weight is 720 g/mol. The second kappa shape index (κ2) is 27.7. The summed E-state index contributed by atoms with van der Waals surface area (Å²) < 4.78 is 4.93. The number of nitrogens with one attached hydrogen (secondary N) is 2. The number of ketones is 1. The normalized spacial score (nSPS) is 14.7. The molecule has 5 N–H and O–H groups in total. The van der Waals surface area contributed by atoms with E-state index in [2.05, 4.69) is 54.7 Å². The first-order valence-electron chi connectivity index (χ1n) is 14.0. The van der Waals surface area contributed by atoms with Gasteiger partial charge in [-0.05, 0) is 30.9 Å². The SMILES string of the molecule is C.CCOC(=O)C1CCN(Cc2ccccc2)CC1=O.COO.Cl.Cl.Cl.N=CN.O=c1[nH]cnc2c1CCN(Cc1ccccc1)C2. The fraction of sp³-hybridized carbons (Fsp3) is 0.406. The molecule has 0 radical (unpaired) electrons. The molecule has 1 fully saturated rings. The maximum absolute atomic E-state index is 12.0. The molecule has 1 saturated heterocycles. The highest BCUT2D eigenvalue weighted by Crippen LogP contribution is 2.18. The Bertz CT molecular complexity index is 1320. The first-order chi connectivity index (χ1) is 20.9. The van der Waals surface area contributed by atoms with Crippen LogP contribution in [-0.2, 0) is 45.3 Å². The van der Waals surface area contributed by atoms with E-state index in [1.165, 1.54) is 24.6 Å². The Morgan fingerprint density at radius 1 is 1.00 bits per heavy atom. The second-order valence-electron chi connectivity index (χ2n) is 9.71. The molecule has 2 aromatic carbocycles. The largest absolute Gasteiger partial charge is 0.465 e. The maximum Gasteiger partial charge on any atom is 0.316 e. The van der Waals surface area contributed by atoms with Crippen LogP contribution in [0.25, 0.3) is 0 Å². The number of carbonyl (C=O) groups excluding carboxylic acids is 2. The van der Waals surface area contributed by atoms with Gasteiger partial charge in [-0.3, -0.25) is 34.8 Å². The van der Waals surface area contributed by atoms with Crippen molar-refractivity contribution in [2.75, 3.05) is 33.4 Å². The first-order valence-corrected chi connectivity index (χ1v) is 14.0. The fourth-order valence-corrected chi connectivity index (χ4v) is 4.75. The number of piperidine rings is 1. The number of aromatic nitrogens is 2. The van der Waals surface area contributed by atoms with E-state index in [0.29, 0.717) is 19.6 Å². The third kappa shape index (κ3) is 17.4. The number of hydrogen-bond acceptors (Lipinski definition) is 10. The van der Waals surface area contributed by atoms with E-state index in [1.54, 1.807) is 6.92 Å². The molecule has 1 unspecified atom stereocenters. The van der Waals surface area contributed by atoms with Crippen LogP contribution in [0, 0.1) is 11.3 Å². The zero-order chi connectivity index (χ0) is 31.5. The number of esters is 1. The predicted octanol–water partition coefficient (Wildman–Crippen LogP) is 4.53. The van der Waals surface area contributed by atoms with E-state index in [4.69, 9.17) is 15.4 Å². The monoisotopic (exact) mass is 718 g/mol. The number of carbonyl (C=O) groups is 2. The Morgan fingerprint density at radius 2 is 1.49 bits per heavy atom. The highest BCUT2D eigenvalue weighted by Gasteiger charge is 2.33. The zero-order valence-electron chi connectivity index (χ0n) is 26.0. The minimum absolute atomic E-state index is 0. The van der Waals surface area contributed by atoms with Crippen molar-refractivity contribution in [2.45, 2.75) is 46.8 Å². The highest BCUT2D eigenvalue weighted by molar-refractivity contribution is 6.00. The predicted molar refractivity (Wildman–Crippen MR) is 192 cm³/mol. The molecule has 2 aliphatic rings. The van der Waals surface area contributed by atoms with Crippen molar-refractivity contribution in [3.8, 4) is 0 Å². The number of halogens is 3. The number of likely N-dealkylation sites (tertiary alicyclic amines) is 1. The van der Waals surface area contributed by atoms with Crippen molar-refractivity contribution >= 4 is 55.3 Å². The summed E-state index contributed by atoms with van der Waals surface area (Å²) >= 11 is 0. The number of H-pyrrole nitrogens is 1. The van der Waals surface area contributed by atoms with Gasteiger partial charge in [0.1, 0.15) is 5.92 Å². The molecule has 15 heteroatoms. The summed E-state index contributed by atoms with van der Waals surface area (Å²) in [4.78, 5) is 49.8. The quantitative estimate of drug-likeness (QED) is 0.0708. The van der Waals surface area contributed by atoms with E-state index in [9.17, 15) is 14.4 Å². The summed E-state index contributed by atoms with van der Waals surface area (Å²) in [6, 6.07) is 20.4. The summed E-state index contributed by atoms with van der Waals surface area (Å²) in [5, 5.41) is 12.9. The van der Waals surface area contributed by atoms with Gasteiger partial charge in [-0.1, -0.05) is 68.1 Å². The molecule has 12 nitrogen and oxygen atoms in total. The molecule has 0 bridgehead atoms. The number of Topliss-reactive ketones (excluding diaryl/α,β-unsaturated/α-hetero) is 1. The number of nitrogens with two attached hydrogens (primary N) is 1. The van der Waals surface area contributed by atoms with Crippen LogP contribution in [0.2, 0.25) is 0 Å². The third-order valence-corrected chi connectivity index (χ3v) is 6.66. The van der Waals surface area contributed by atoms with Gasteiger partial charge in [0.15, 0.2) is 5.78 Å². The number of benzene rings is 2. The molecule has 2 aliphatic heterocycles. The lowest BCUT2D eigenvalue weighted by Crippen LogP contribution is -2.43. The van der Waals surface area contributed by atoms with Gasteiger partial charge in [0, 0.05) is 38.3 Å². The van der Waals surface area contributed by atoms with Crippen molar-refractivity contribution in [1.29, 1.82) is 5.41 Å². The van der Waals surface area contributed by atoms with Gasteiger partial charge in [-0.25, -0.2) is 9.87 Å². The Labute approximate surface area is 295 Å². The topological polar surface area (TPSA) is 175 Å². The van der Waals surface area contributed by atoms with Crippen LogP contribution in [0.1, 0.15) is 43.2 Å². The van der Waals surface area contributed by atoms with E-state index in [0.717, 1.165) is 56.7 Å². The van der Waals surface area contributed by atoms with Crippen molar-refractivity contribution in [3.05, 3.63) is 99.7 Å². The molecule has 1 atom stereocenters. The lowest BCUT2D eigenvalue weighted by molar-refractivity contribution is -0.214. The Kier molecular flexibility index (Phi) is 28.3. The van der Waals surface area contributed by atoms with E-state index >= 15 is 0 Å². The third-order valence-electron chi connectivity index (χ3n) is 6.66. The number of hydrogen-bond donors (Lipinski definition) is 4. The number of aromatic amines is 1. The van der Waals surface area contributed by atoms with Gasteiger partial charge < -0.3 is 15.5 Å². The fourth-order valence-electron chi connectivity index (χ4n) is 4.75. The van der Waals surface area contributed by atoms with Gasteiger partial charge in [0.25, 0.3) is 5.56 Å². The highest BCUT2D eigenvalue weighted by atomic mass is 35.5. The van der Waals surface area contributed by atoms with Crippen molar-refractivity contribution in [3.63, 3.8) is 0 Å². The summed E-state index contributed by atoms with van der Waals surface area (Å²) in [6.45, 7) is 6.51. The van der Waals surface area contributed by atoms with Crippen LogP contribution < -0.4 is 11.3 Å².